The summed E-state index contributed by atoms with van der Waals surface area (Å²) in [4.78, 5) is 9.29. The zero-order chi connectivity index (χ0) is 7.82. The summed E-state index contributed by atoms with van der Waals surface area (Å²) in [5, 5.41) is 16.9. The first-order valence-corrected chi connectivity index (χ1v) is 3.03. The minimum absolute atomic E-state index is 0.0833. The van der Waals surface area contributed by atoms with Crippen molar-refractivity contribution in [2.24, 2.45) is 0 Å². The van der Waals surface area contributed by atoms with Gasteiger partial charge in [0.25, 0.3) is 0 Å². The van der Waals surface area contributed by atoms with Gasteiger partial charge in [-0.3, -0.25) is 9.89 Å². The van der Waals surface area contributed by atoms with Crippen molar-refractivity contribution in [3.05, 3.63) is 12.4 Å². The van der Waals surface area contributed by atoms with Gasteiger partial charge in [-0.25, -0.2) is 0 Å². The molecule has 0 bridgehead atoms. The number of rotatable bonds is 1. The second kappa shape index (κ2) is 6.09. The maximum atomic E-state index is 9.29. The van der Waals surface area contributed by atoms with Crippen molar-refractivity contribution < 1.29 is 9.90 Å². The van der Waals surface area contributed by atoms with E-state index in [1.54, 1.807) is 12.4 Å². The monoisotopic (exact) mass is 161 g/mol. The molecule has 1 heterocycles. The first-order valence-electron chi connectivity index (χ1n) is 2.40. The smallest absolute Gasteiger partial charge is 0.313 e. The lowest BCUT2D eigenvalue weighted by Crippen LogP contribution is -1.92. The van der Waals surface area contributed by atoms with Gasteiger partial charge in [-0.1, -0.05) is 5.21 Å². The van der Waals surface area contributed by atoms with E-state index in [-0.39, 0.29) is 5.75 Å². The lowest BCUT2D eigenvalue weighted by atomic mass is 10.8. The highest BCUT2D eigenvalue weighted by Gasteiger charge is 1.81. The summed E-state index contributed by atoms with van der Waals surface area (Å²) >= 11 is 3.42. The summed E-state index contributed by atoms with van der Waals surface area (Å²) in [6.07, 6.45) is 3.24. The predicted octanol–water partition coefficient (Wildman–Crippen LogP) is -0.195. The summed E-state index contributed by atoms with van der Waals surface area (Å²) in [6, 6.07) is 0. The highest BCUT2D eigenvalue weighted by molar-refractivity contribution is 7.81. The Balaban J connectivity index is 0.000000162. The van der Waals surface area contributed by atoms with Crippen molar-refractivity contribution in [2.45, 2.75) is 0 Å². The Kier molecular flexibility index (Phi) is 5.45. The van der Waals surface area contributed by atoms with Gasteiger partial charge >= 0.3 is 5.97 Å². The maximum absolute atomic E-state index is 9.29. The van der Waals surface area contributed by atoms with Crippen LogP contribution in [0, 0.1) is 0 Å². The Labute approximate surface area is 62.9 Å². The van der Waals surface area contributed by atoms with E-state index >= 15 is 0 Å². The van der Waals surface area contributed by atoms with Crippen molar-refractivity contribution >= 4 is 18.6 Å². The summed E-state index contributed by atoms with van der Waals surface area (Å²) in [5.74, 6) is -0.965. The quantitative estimate of drug-likeness (QED) is 0.498. The Morgan fingerprint density at radius 2 is 2.40 bits per heavy atom. The van der Waals surface area contributed by atoms with Crippen LogP contribution < -0.4 is 0 Å². The summed E-state index contributed by atoms with van der Waals surface area (Å²) < 4.78 is 0. The highest BCUT2D eigenvalue weighted by atomic mass is 32.1. The number of carboxylic acid groups (broad SMARTS) is 1. The highest BCUT2D eigenvalue weighted by Crippen LogP contribution is 1.66. The first kappa shape index (κ1) is 8.96. The molecule has 0 aromatic carbocycles. The number of nitrogens with zero attached hydrogens (tertiary/aromatic N) is 2. The number of hydrogen-bond acceptors (Lipinski definition) is 4. The van der Waals surface area contributed by atoms with Crippen LogP contribution in [0.4, 0.5) is 0 Å². The number of thiol groups is 1. The fourth-order valence-corrected chi connectivity index (χ4v) is 0.167. The van der Waals surface area contributed by atoms with Crippen LogP contribution in [0.15, 0.2) is 12.4 Å². The van der Waals surface area contributed by atoms with E-state index in [1.165, 1.54) is 0 Å². The Morgan fingerprint density at radius 3 is 2.50 bits per heavy atom. The van der Waals surface area contributed by atoms with Gasteiger partial charge in [0.2, 0.25) is 0 Å². The number of H-pyrrole nitrogens is 1. The molecular weight excluding hydrogens is 154 g/mol. The molecule has 0 unspecified atom stereocenters. The van der Waals surface area contributed by atoms with E-state index < -0.39 is 5.97 Å². The van der Waals surface area contributed by atoms with Crippen LogP contribution in [-0.2, 0) is 4.79 Å². The van der Waals surface area contributed by atoms with E-state index in [4.69, 9.17) is 5.11 Å². The Hall–Kier alpha value is -1.04. The average Bonchev–Trinajstić information content (AvgIpc) is 2.43. The number of hydrogen-bond donors (Lipinski definition) is 3. The van der Waals surface area contributed by atoms with Gasteiger partial charge < -0.3 is 5.11 Å². The summed E-state index contributed by atoms with van der Waals surface area (Å²) in [6.45, 7) is 0. The third kappa shape index (κ3) is 6.96. The van der Waals surface area contributed by atoms with Gasteiger partial charge in [-0.15, -0.1) is 5.10 Å². The molecule has 10 heavy (non-hydrogen) atoms. The fraction of sp³-hybridized carbons (Fsp3) is 0.250. The van der Waals surface area contributed by atoms with Gasteiger partial charge in [0, 0.05) is 6.20 Å². The minimum atomic E-state index is -0.881. The zero-order valence-electron chi connectivity index (χ0n) is 5.06. The van der Waals surface area contributed by atoms with Gasteiger partial charge in [-0.2, -0.15) is 12.6 Å². The lowest BCUT2D eigenvalue weighted by molar-refractivity contribution is -0.133. The lowest BCUT2D eigenvalue weighted by Gasteiger charge is -1.71. The molecule has 6 heteroatoms. The molecule has 1 aromatic rings. The largest absolute Gasteiger partial charge is 0.481 e. The average molecular weight is 161 g/mol. The second-order valence-corrected chi connectivity index (χ2v) is 1.53. The maximum Gasteiger partial charge on any atom is 0.313 e. The van der Waals surface area contributed by atoms with Crippen LogP contribution in [0.3, 0.4) is 0 Å². The SMILES string of the molecule is O=C(O)CS.c1c[nH]nn1. The number of carbonyl (C=O) groups is 1. The van der Waals surface area contributed by atoms with E-state index in [1.807, 2.05) is 0 Å². The van der Waals surface area contributed by atoms with E-state index in [9.17, 15) is 4.79 Å². The summed E-state index contributed by atoms with van der Waals surface area (Å²) in [5.41, 5.74) is 0. The number of aromatic amines is 1. The Bertz CT molecular complexity index is 148. The number of aliphatic carboxylic acids is 1. The van der Waals surface area contributed by atoms with E-state index in [0.29, 0.717) is 0 Å². The standard InChI is InChI=1S/C2H3N3.C2H4O2S/c1-2-4-5-3-1;3-2(4)1-5/h1-2H,(H,3,4,5);5H,1H2,(H,3,4). The molecule has 56 valence electrons. The van der Waals surface area contributed by atoms with E-state index in [0.717, 1.165) is 0 Å². The third-order valence-electron chi connectivity index (χ3n) is 0.466. The zero-order valence-corrected chi connectivity index (χ0v) is 5.95. The first-order chi connectivity index (χ1) is 4.77. The number of nitrogens with one attached hydrogen (secondary N) is 1. The van der Waals surface area contributed by atoms with Crippen molar-refractivity contribution in [1.82, 2.24) is 15.4 Å². The van der Waals surface area contributed by atoms with Crippen molar-refractivity contribution in [2.75, 3.05) is 5.75 Å². The number of aromatic nitrogens is 3. The van der Waals surface area contributed by atoms with Gasteiger partial charge in [0.15, 0.2) is 0 Å². The molecule has 0 saturated carbocycles. The van der Waals surface area contributed by atoms with Gasteiger partial charge in [0.05, 0.1) is 11.9 Å². The van der Waals surface area contributed by atoms with Crippen molar-refractivity contribution in [1.29, 1.82) is 0 Å². The molecule has 0 aliphatic rings. The molecule has 0 spiro atoms. The molecule has 0 radical (unpaired) electrons. The van der Waals surface area contributed by atoms with Crippen LogP contribution in [0.5, 0.6) is 0 Å². The van der Waals surface area contributed by atoms with Crippen LogP contribution in [-0.4, -0.2) is 32.2 Å². The molecule has 0 saturated heterocycles. The molecule has 1 aromatic heterocycles. The molecule has 2 N–H and O–H groups in total. The van der Waals surface area contributed by atoms with Crippen molar-refractivity contribution in [3.8, 4) is 0 Å². The number of carboxylic acids is 1. The Morgan fingerprint density at radius 1 is 1.80 bits per heavy atom. The molecule has 0 atom stereocenters. The molecule has 1 rings (SSSR count). The van der Waals surface area contributed by atoms with Crippen LogP contribution in [0.25, 0.3) is 0 Å². The topological polar surface area (TPSA) is 78.9 Å². The van der Waals surface area contributed by atoms with Gasteiger partial charge in [0.1, 0.15) is 0 Å². The van der Waals surface area contributed by atoms with Crippen LogP contribution in [0.1, 0.15) is 0 Å². The molecule has 0 aliphatic heterocycles. The molecule has 0 amide bonds. The van der Waals surface area contributed by atoms with Crippen LogP contribution in [0.2, 0.25) is 0 Å². The third-order valence-corrected chi connectivity index (χ3v) is 0.737. The predicted molar refractivity (Wildman–Crippen MR) is 37.9 cm³/mol. The van der Waals surface area contributed by atoms with Crippen molar-refractivity contribution in [3.63, 3.8) is 0 Å². The molecule has 0 aliphatic carbocycles. The summed E-state index contributed by atoms with van der Waals surface area (Å²) in [7, 11) is 0. The molecular formula is C4H7N3O2S. The molecule has 5 nitrogen and oxygen atoms in total. The minimum Gasteiger partial charge on any atom is -0.481 e. The molecule has 0 fully saturated rings. The second-order valence-electron chi connectivity index (χ2n) is 1.21. The van der Waals surface area contributed by atoms with Crippen LogP contribution >= 0.6 is 12.6 Å². The van der Waals surface area contributed by atoms with E-state index in [2.05, 4.69) is 28.0 Å². The fourth-order valence-electron chi connectivity index (χ4n) is 0.167. The normalized spacial score (nSPS) is 7.70. The van der Waals surface area contributed by atoms with Gasteiger partial charge in [-0.05, 0) is 0 Å².